The Labute approximate surface area is 102 Å². The Morgan fingerprint density at radius 1 is 1.53 bits per heavy atom. The van der Waals surface area contributed by atoms with Crippen molar-refractivity contribution < 1.29 is 14.3 Å². The van der Waals surface area contributed by atoms with Crippen LogP contribution in [0.15, 0.2) is 12.2 Å². The average molecular weight is 240 g/mol. The van der Waals surface area contributed by atoms with Crippen LogP contribution in [0.2, 0.25) is 0 Å². The number of nitrogens with one attached hydrogen (secondary N) is 1. The summed E-state index contributed by atoms with van der Waals surface area (Å²) in [4.78, 5) is 24.3. The second-order valence-electron chi connectivity index (χ2n) is 4.04. The molecule has 5 nitrogen and oxygen atoms in total. The third-order valence-corrected chi connectivity index (χ3v) is 2.65. The summed E-state index contributed by atoms with van der Waals surface area (Å²) in [6, 6.07) is 0. The van der Waals surface area contributed by atoms with E-state index in [1.807, 2.05) is 13.0 Å². The van der Waals surface area contributed by atoms with Crippen LogP contribution in [0.25, 0.3) is 0 Å². The molecule has 1 fully saturated rings. The number of ether oxygens (including phenoxy) is 1. The molecule has 0 radical (unpaired) electrons. The van der Waals surface area contributed by atoms with Gasteiger partial charge < -0.3 is 15.0 Å². The molecule has 1 N–H and O–H groups in total. The van der Waals surface area contributed by atoms with Crippen molar-refractivity contribution in [1.82, 2.24) is 10.2 Å². The number of rotatable bonds is 4. The van der Waals surface area contributed by atoms with Gasteiger partial charge >= 0.3 is 0 Å². The second-order valence-corrected chi connectivity index (χ2v) is 4.04. The maximum Gasteiger partial charge on any atom is 0.223 e. The molecule has 1 aliphatic rings. The van der Waals surface area contributed by atoms with Crippen molar-refractivity contribution in [3.63, 3.8) is 0 Å². The number of hydrogen-bond acceptors (Lipinski definition) is 3. The van der Waals surface area contributed by atoms with Gasteiger partial charge in [0.05, 0.1) is 12.7 Å². The molecule has 0 unspecified atom stereocenters. The normalized spacial score (nSPS) is 20.6. The van der Waals surface area contributed by atoms with E-state index in [9.17, 15) is 9.59 Å². The van der Waals surface area contributed by atoms with Crippen molar-refractivity contribution in [2.24, 2.45) is 0 Å². The minimum absolute atomic E-state index is 0.0216. The van der Waals surface area contributed by atoms with Crippen molar-refractivity contribution in [2.75, 3.05) is 26.2 Å². The molecule has 1 heterocycles. The molecule has 0 aliphatic carbocycles. The van der Waals surface area contributed by atoms with E-state index in [1.54, 1.807) is 17.9 Å². The van der Waals surface area contributed by atoms with E-state index in [2.05, 4.69) is 5.32 Å². The van der Waals surface area contributed by atoms with Crippen LogP contribution in [-0.2, 0) is 14.3 Å². The molecular formula is C12H20N2O3. The molecule has 0 aromatic heterocycles. The highest BCUT2D eigenvalue weighted by atomic mass is 16.5. The fourth-order valence-electron chi connectivity index (χ4n) is 1.65. The summed E-state index contributed by atoms with van der Waals surface area (Å²) >= 11 is 0. The highest BCUT2D eigenvalue weighted by molar-refractivity contribution is 5.77. The molecule has 17 heavy (non-hydrogen) atoms. The van der Waals surface area contributed by atoms with Gasteiger partial charge in [0, 0.05) is 33.0 Å². The first-order chi connectivity index (χ1) is 8.13. The van der Waals surface area contributed by atoms with Gasteiger partial charge in [-0.1, -0.05) is 12.2 Å². The summed E-state index contributed by atoms with van der Waals surface area (Å²) in [5.74, 6) is 0.0326. The van der Waals surface area contributed by atoms with E-state index in [-0.39, 0.29) is 17.9 Å². The Morgan fingerprint density at radius 2 is 2.29 bits per heavy atom. The quantitative estimate of drug-likeness (QED) is 0.720. The Morgan fingerprint density at radius 3 is 2.94 bits per heavy atom. The average Bonchev–Trinajstić information content (AvgIpc) is 2.34. The number of hydrogen-bond donors (Lipinski definition) is 1. The van der Waals surface area contributed by atoms with Crippen LogP contribution in [0.1, 0.15) is 20.3 Å². The molecular weight excluding hydrogens is 220 g/mol. The lowest BCUT2D eigenvalue weighted by atomic mass is 10.2. The van der Waals surface area contributed by atoms with Crippen LogP contribution < -0.4 is 5.32 Å². The molecule has 2 amide bonds. The molecule has 0 aromatic carbocycles. The predicted molar refractivity (Wildman–Crippen MR) is 64.4 cm³/mol. The SMILES string of the molecule is C/C=C/CC(=O)NC[C@H]1CN(C(C)=O)CCO1. The topological polar surface area (TPSA) is 58.6 Å². The monoisotopic (exact) mass is 240 g/mol. The summed E-state index contributed by atoms with van der Waals surface area (Å²) in [6.07, 6.45) is 3.94. The van der Waals surface area contributed by atoms with Gasteiger partial charge in [-0.05, 0) is 6.92 Å². The lowest BCUT2D eigenvalue weighted by Crippen LogP contribution is -2.48. The van der Waals surface area contributed by atoms with E-state index >= 15 is 0 Å². The number of amides is 2. The number of carbonyl (C=O) groups excluding carboxylic acids is 2. The molecule has 0 saturated carbocycles. The zero-order valence-corrected chi connectivity index (χ0v) is 10.4. The minimum atomic E-state index is -0.0952. The third kappa shape index (κ3) is 4.99. The molecule has 0 spiro atoms. The first kappa shape index (κ1) is 13.7. The Kier molecular flexibility index (Phi) is 5.69. The largest absolute Gasteiger partial charge is 0.373 e. The predicted octanol–water partition coefficient (Wildman–Crippen LogP) is 0.316. The zero-order valence-electron chi connectivity index (χ0n) is 10.4. The number of nitrogens with zero attached hydrogens (tertiary/aromatic N) is 1. The van der Waals surface area contributed by atoms with Gasteiger partial charge in [-0.25, -0.2) is 0 Å². The molecule has 5 heteroatoms. The first-order valence-electron chi connectivity index (χ1n) is 5.88. The zero-order chi connectivity index (χ0) is 12.7. The van der Waals surface area contributed by atoms with Gasteiger partial charge in [-0.2, -0.15) is 0 Å². The molecule has 96 valence electrons. The fraction of sp³-hybridized carbons (Fsp3) is 0.667. The summed E-state index contributed by atoms with van der Waals surface area (Å²) in [6.45, 7) is 5.61. The van der Waals surface area contributed by atoms with Crippen LogP contribution in [0.4, 0.5) is 0 Å². The van der Waals surface area contributed by atoms with Gasteiger partial charge in [-0.15, -0.1) is 0 Å². The molecule has 1 atom stereocenters. The maximum absolute atomic E-state index is 11.4. The third-order valence-electron chi connectivity index (χ3n) is 2.65. The Balaban J connectivity index is 2.27. The van der Waals surface area contributed by atoms with Gasteiger partial charge in [-0.3, -0.25) is 9.59 Å². The van der Waals surface area contributed by atoms with Gasteiger partial charge in [0.1, 0.15) is 0 Å². The Hall–Kier alpha value is -1.36. The van der Waals surface area contributed by atoms with Gasteiger partial charge in [0.25, 0.3) is 0 Å². The van der Waals surface area contributed by atoms with Gasteiger partial charge in [0.15, 0.2) is 0 Å². The van der Waals surface area contributed by atoms with Crippen molar-refractivity contribution in [2.45, 2.75) is 26.4 Å². The Bertz CT molecular complexity index is 302. The molecule has 1 aliphatic heterocycles. The minimum Gasteiger partial charge on any atom is -0.373 e. The van der Waals surface area contributed by atoms with Crippen molar-refractivity contribution in [3.8, 4) is 0 Å². The van der Waals surface area contributed by atoms with Crippen LogP contribution in [0, 0.1) is 0 Å². The number of allylic oxidation sites excluding steroid dienone is 1. The van der Waals surface area contributed by atoms with Crippen molar-refractivity contribution >= 4 is 11.8 Å². The first-order valence-corrected chi connectivity index (χ1v) is 5.88. The van der Waals surface area contributed by atoms with Crippen LogP contribution in [0.5, 0.6) is 0 Å². The van der Waals surface area contributed by atoms with E-state index in [1.165, 1.54) is 0 Å². The molecule has 1 rings (SSSR count). The lowest BCUT2D eigenvalue weighted by Gasteiger charge is -2.32. The van der Waals surface area contributed by atoms with Gasteiger partial charge in [0.2, 0.25) is 11.8 Å². The van der Waals surface area contributed by atoms with E-state index < -0.39 is 0 Å². The summed E-state index contributed by atoms with van der Waals surface area (Å²) in [5.41, 5.74) is 0. The fourth-order valence-corrected chi connectivity index (χ4v) is 1.65. The van der Waals surface area contributed by atoms with Crippen LogP contribution >= 0.6 is 0 Å². The lowest BCUT2D eigenvalue weighted by molar-refractivity contribution is -0.136. The maximum atomic E-state index is 11.4. The van der Waals surface area contributed by atoms with Crippen molar-refractivity contribution in [3.05, 3.63) is 12.2 Å². The van der Waals surface area contributed by atoms with Crippen molar-refractivity contribution in [1.29, 1.82) is 0 Å². The number of morpholine rings is 1. The highest BCUT2D eigenvalue weighted by Crippen LogP contribution is 2.04. The summed E-state index contributed by atoms with van der Waals surface area (Å²) < 4.78 is 5.49. The van der Waals surface area contributed by atoms with E-state index in [4.69, 9.17) is 4.74 Å². The molecule has 0 aromatic rings. The number of carbonyl (C=O) groups is 2. The van der Waals surface area contributed by atoms with E-state index in [0.717, 1.165) is 0 Å². The summed E-state index contributed by atoms with van der Waals surface area (Å²) in [7, 11) is 0. The highest BCUT2D eigenvalue weighted by Gasteiger charge is 2.22. The van der Waals surface area contributed by atoms with Crippen LogP contribution in [0.3, 0.4) is 0 Å². The smallest absolute Gasteiger partial charge is 0.223 e. The summed E-state index contributed by atoms with van der Waals surface area (Å²) in [5, 5.41) is 2.79. The molecule has 0 bridgehead atoms. The van der Waals surface area contributed by atoms with E-state index in [0.29, 0.717) is 32.7 Å². The standard InChI is InChI=1S/C12H20N2O3/c1-3-4-5-12(16)13-8-11-9-14(10(2)15)6-7-17-11/h3-4,11H,5-9H2,1-2H3,(H,13,16)/b4-3+/t11-/m0/s1. The molecule has 1 saturated heterocycles. The van der Waals surface area contributed by atoms with Crippen LogP contribution in [-0.4, -0.2) is 49.1 Å². The second kappa shape index (κ2) is 7.06.